The molecule has 0 amide bonds. The highest BCUT2D eigenvalue weighted by atomic mass is 16.1. The molecular formula is C19H15N3O. The predicted octanol–water partition coefficient (Wildman–Crippen LogP) is 3.89. The van der Waals surface area contributed by atoms with Crippen LogP contribution >= 0.6 is 0 Å². The Balaban J connectivity index is 2.02. The molecule has 0 radical (unpaired) electrons. The molecule has 4 rings (SSSR count). The molecular weight excluding hydrogens is 286 g/mol. The van der Waals surface area contributed by atoms with Crippen molar-refractivity contribution in [1.82, 2.24) is 15.0 Å². The van der Waals surface area contributed by atoms with Crippen molar-refractivity contribution in [3.05, 3.63) is 77.0 Å². The number of aryl methyl sites for hydroxylation is 1. The van der Waals surface area contributed by atoms with Gasteiger partial charge in [-0.15, -0.1) is 0 Å². The second-order valence-electron chi connectivity index (χ2n) is 5.52. The summed E-state index contributed by atoms with van der Waals surface area (Å²) in [5.41, 5.74) is 4.04. The maximum atomic E-state index is 12.6. The molecule has 4 nitrogen and oxygen atoms in total. The third kappa shape index (κ3) is 2.34. The fourth-order valence-corrected chi connectivity index (χ4v) is 2.87. The second kappa shape index (κ2) is 5.25. The van der Waals surface area contributed by atoms with Crippen molar-refractivity contribution in [3.63, 3.8) is 0 Å². The number of fused-ring (bicyclic) bond motifs is 1. The first-order chi connectivity index (χ1) is 11.2. The van der Waals surface area contributed by atoms with Crippen LogP contribution < -0.4 is 5.56 Å². The van der Waals surface area contributed by atoms with E-state index in [9.17, 15) is 4.79 Å². The Morgan fingerprint density at radius 1 is 0.957 bits per heavy atom. The monoisotopic (exact) mass is 301 g/mol. The van der Waals surface area contributed by atoms with E-state index in [1.807, 2.05) is 60.8 Å². The normalized spacial score (nSPS) is 11.0. The Hall–Kier alpha value is -3.14. The summed E-state index contributed by atoms with van der Waals surface area (Å²) in [7, 11) is 0. The molecule has 0 bridgehead atoms. The van der Waals surface area contributed by atoms with Gasteiger partial charge >= 0.3 is 0 Å². The van der Waals surface area contributed by atoms with E-state index >= 15 is 0 Å². The van der Waals surface area contributed by atoms with Crippen LogP contribution in [-0.4, -0.2) is 15.0 Å². The number of hydrogen-bond acceptors (Lipinski definition) is 2. The molecule has 0 fully saturated rings. The summed E-state index contributed by atoms with van der Waals surface area (Å²) in [4.78, 5) is 23.2. The highest BCUT2D eigenvalue weighted by Crippen LogP contribution is 2.29. The van der Waals surface area contributed by atoms with Crippen molar-refractivity contribution in [2.75, 3.05) is 0 Å². The molecule has 2 aromatic heterocycles. The molecule has 0 aliphatic rings. The van der Waals surface area contributed by atoms with E-state index < -0.39 is 0 Å². The largest absolute Gasteiger partial charge is 0.361 e. The van der Waals surface area contributed by atoms with Crippen LogP contribution in [0.15, 0.2) is 65.6 Å². The Labute approximate surface area is 132 Å². The van der Waals surface area contributed by atoms with Gasteiger partial charge in [-0.25, -0.2) is 4.98 Å². The summed E-state index contributed by atoms with van der Waals surface area (Å²) in [5.74, 6) is 0.611. The molecule has 0 saturated heterocycles. The van der Waals surface area contributed by atoms with Crippen LogP contribution in [0.25, 0.3) is 33.3 Å². The average Bonchev–Trinajstić information content (AvgIpc) is 3.02. The topological polar surface area (TPSA) is 61.5 Å². The number of nitrogens with zero attached hydrogens (tertiary/aromatic N) is 1. The molecule has 4 heteroatoms. The van der Waals surface area contributed by atoms with Gasteiger partial charge in [0.25, 0.3) is 5.56 Å². The molecule has 23 heavy (non-hydrogen) atoms. The van der Waals surface area contributed by atoms with Crippen molar-refractivity contribution >= 4 is 10.9 Å². The van der Waals surface area contributed by atoms with E-state index in [2.05, 4.69) is 15.0 Å². The minimum Gasteiger partial charge on any atom is -0.361 e. The van der Waals surface area contributed by atoms with Gasteiger partial charge in [0.15, 0.2) is 0 Å². The minimum absolute atomic E-state index is 0.119. The number of hydrogen-bond donors (Lipinski definition) is 2. The predicted molar refractivity (Wildman–Crippen MR) is 92.3 cm³/mol. The molecule has 2 N–H and O–H groups in total. The van der Waals surface area contributed by atoms with Crippen molar-refractivity contribution in [1.29, 1.82) is 0 Å². The fourth-order valence-electron chi connectivity index (χ4n) is 2.87. The molecule has 2 aromatic carbocycles. The first kappa shape index (κ1) is 13.5. The molecule has 112 valence electrons. The third-order valence-electron chi connectivity index (χ3n) is 3.93. The lowest BCUT2D eigenvalue weighted by Gasteiger charge is -2.09. The van der Waals surface area contributed by atoms with Crippen LogP contribution in [0.5, 0.6) is 0 Å². The Morgan fingerprint density at radius 3 is 2.61 bits per heavy atom. The standard InChI is InChI=1S/C19H15N3O/c1-12-21-18(13-5-3-2-4-6-13)17(19(23)22-12)15-7-8-16-14(11-15)9-10-20-16/h2-11,20H,1H3,(H,21,22,23). The van der Waals surface area contributed by atoms with Gasteiger partial charge in [-0.05, 0) is 36.1 Å². The van der Waals surface area contributed by atoms with Crippen LogP contribution in [0.3, 0.4) is 0 Å². The van der Waals surface area contributed by atoms with Crippen molar-refractivity contribution in [2.24, 2.45) is 0 Å². The highest BCUT2D eigenvalue weighted by Gasteiger charge is 2.14. The zero-order chi connectivity index (χ0) is 15.8. The maximum absolute atomic E-state index is 12.6. The van der Waals surface area contributed by atoms with Crippen LogP contribution in [0.2, 0.25) is 0 Å². The number of aromatic amines is 2. The molecule has 4 aromatic rings. The van der Waals surface area contributed by atoms with Gasteiger partial charge in [0.2, 0.25) is 0 Å². The van der Waals surface area contributed by atoms with Crippen LogP contribution in [0.4, 0.5) is 0 Å². The summed E-state index contributed by atoms with van der Waals surface area (Å²) in [6, 6.07) is 17.7. The number of H-pyrrole nitrogens is 2. The zero-order valence-electron chi connectivity index (χ0n) is 12.6. The van der Waals surface area contributed by atoms with Crippen LogP contribution in [0, 0.1) is 6.92 Å². The lowest BCUT2D eigenvalue weighted by Crippen LogP contribution is -2.14. The lowest BCUT2D eigenvalue weighted by atomic mass is 9.99. The van der Waals surface area contributed by atoms with Crippen molar-refractivity contribution in [2.45, 2.75) is 6.92 Å². The minimum atomic E-state index is -0.119. The van der Waals surface area contributed by atoms with Gasteiger partial charge in [0.1, 0.15) is 5.82 Å². The lowest BCUT2D eigenvalue weighted by molar-refractivity contribution is 1.03. The first-order valence-corrected chi connectivity index (χ1v) is 7.46. The van der Waals surface area contributed by atoms with Gasteiger partial charge in [0, 0.05) is 17.3 Å². The van der Waals surface area contributed by atoms with E-state index in [-0.39, 0.29) is 5.56 Å². The number of benzene rings is 2. The Bertz CT molecular complexity index is 1050. The number of nitrogens with one attached hydrogen (secondary N) is 2. The number of aromatic nitrogens is 3. The molecule has 2 heterocycles. The van der Waals surface area contributed by atoms with Crippen molar-refractivity contribution < 1.29 is 0 Å². The molecule has 0 saturated carbocycles. The van der Waals surface area contributed by atoms with E-state index in [4.69, 9.17) is 0 Å². The summed E-state index contributed by atoms with van der Waals surface area (Å²) < 4.78 is 0. The SMILES string of the molecule is Cc1nc(-c2ccccc2)c(-c2ccc3[nH]ccc3c2)c(=O)[nH]1. The molecule has 0 atom stereocenters. The quantitative estimate of drug-likeness (QED) is 0.590. The fraction of sp³-hybridized carbons (Fsp3) is 0.0526. The van der Waals surface area contributed by atoms with Gasteiger partial charge in [0.05, 0.1) is 11.3 Å². The maximum Gasteiger partial charge on any atom is 0.259 e. The Kier molecular flexibility index (Phi) is 3.08. The van der Waals surface area contributed by atoms with Gasteiger partial charge in [-0.2, -0.15) is 0 Å². The van der Waals surface area contributed by atoms with Gasteiger partial charge in [-0.1, -0.05) is 36.4 Å². The zero-order valence-corrected chi connectivity index (χ0v) is 12.6. The summed E-state index contributed by atoms with van der Waals surface area (Å²) in [6.45, 7) is 1.80. The van der Waals surface area contributed by atoms with Gasteiger partial charge < -0.3 is 9.97 Å². The number of rotatable bonds is 2. The van der Waals surface area contributed by atoms with E-state index in [0.29, 0.717) is 17.1 Å². The average molecular weight is 301 g/mol. The smallest absolute Gasteiger partial charge is 0.259 e. The molecule has 0 aliphatic heterocycles. The van der Waals surface area contributed by atoms with E-state index in [1.165, 1.54) is 0 Å². The summed E-state index contributed by atoms with van der Waals surface area (Å²) in [6.07, 6.45) is 1.89. The molecule has 0 unspecified atom stereocenters. The first-order valence-electron chi connectivity index (χ1n) is 7.46. The van der Waals surface area contributed by atoms with E-state index in [1.54, 1.807) is 6.92 Å². The molecule has 0 spiro atoms. The summed E-state index contributed by atoms with van der Waals surface area (Å²) >= 11 is 0. The third-order valence-corrected chi connectivity index (χ3v) is 3.93. The highest BCUT2D eigenvalue weighted by molar-refractivity contribution is 5.88. The molecule has 0 aliphatic carbocycles. The van der Waals surface area contributed by atoms with Crippen LogP contribution in [0.1, 0.15) is 5.82 Å². The van der Waals surface area contributed by atoms with Gasteiger partial charge in [-0.3, -0.25) is 4.79 Å². The Morgan fingerprint density at radius 2 is 1.78 bits per heavy atom. The van der Waals surface area contributed by atoms with Crippen LogP contribution in [-0.2, 0) is 0 Å². The van der Waals surface area contributed by atoms with E-state index in [0.717, 1.165) is 22.0 Å². The summed E-state index contributed by atoms with van der Waals surface area (Å²) in [5, 5.41) is 1.07. The second-order valence-corrected chi connectivity index (χ2v) is 5.52. The van der Waals surface area contributed by atoms with Crippen molar-refractivity contribution in [3.8, 4) is 22.4 Å².